The van der Waals surface area contributed by atoms with E-state index in [-0.39, 0.29) is 23.4 Å². The van der Waals surface area contributed by atoms with Crippen molar-refractivity contribution in [1.82, 2.24) is 10.6 Å². The number of carbonyl (C=O) groups is 1. The van der Waals surface area contributed by atoms with Crippen LogP contribution in [0.1, 0.15) is 44.5 Å². The Bertz CT molecular complexity index is 400. The second-order valence-corrected chi connectivity index (χ2v) is 6.70. The van der Waals surface area contributed by atoms with Gasteiger partial charge in [-0.2, -0.15) is 0 Å². The molecule has 18 heavy (non-hydrogen) atoms. The second-order valence-electron chi connectivity index (χ2n) is 5.72. The molecule has 1 aliphatic rings. The fraction of sp³-hybridized carbons (Fsp3) is 0.643. The summed E-state index contributed by atoms with van der Waals surface area (Å²) in [7, 11) is 0. The van der Waals surface area contributed by atoms with Crippen LogP contribution in [0.4, 0.5) is 0 Å². The highest BCUT2D eigenvalue weighted by atomic mass is 32.1. The van der Waals surface area contributed by atoms with Crippen molar-refractivity contribution >= 4 is 17.2 Å². The summed E-state index contributed by atoms with van der Waals surface area (Å²) in [5.41, 5.74) is 0.0392. The number of piperidine rings is 1. The molecule has 100 valence electrons. The van der Waals surface area contributed by atoms with Crippen molar-refractivity contribution in [1.29, 1.82) is 0 Å². The van der Waals surface area contributed by atoms with Crippen molar-refractivity contribution < 1.29 is 4.79 Å². The number of nitrogens with one attached hydrogen (secondary N) is 2. The molecule has 0 spiro atoms. The van der Waals surface area contributed by atoms with Gasteiger partial charge in [-0.05, 0) is 43.2 Å². The molecule has 0 aliphatic carbocycles. The molecule has 1 aliphatic heterocycles. The number of amides is 1. The van der Waals surface area contributed by atoms with Gasteiger partial charge in [0, 0.05) is 4.88 Å². The standard InChI is InChI=1S/C14H22N2OS/c1-10(11-6-4-9-18-11)16-13(17)12-14(2,3)7-5-8-15-12/h4,6,9-10,12,15H,5,7-8H2,1-3H3,(H,16,17). The highest BCUT2D eigenvalue weighted by molar-refractivity contribution is 7.10. The third-order valence-corrected chi connectivity index (χ3v) is 4.77. The predicted molar refractivity (Wildman–Crippen MR) is 75.7 cm³/mol. The monoisotopic (exact) mass is 266 g/mol. The lowest BCUT2D eigenvalue weighted by Gasteiger charge is -2.38. The molecular formula is C14H22N2OS. The minimum atomic E-state index is -0.0753. The molecule has 1 saturated heterocycles. The lowest BCUT2D eigenvalue weighted by Crippen LogP contribution is -2.55. The molecule has 3 nitrogen and oxygen atoms in total. The average Bonchev–Trinajstić information content (AvgIpc) is 2.81. The number of hydrogen-bond acceptors (Lipinski definition) is 3. The summed E-state index contributed by atoms with van der Waals surface area (Å²) in [5, 5.41) is 8.51. The summed E-state index contributed by atoms with van der Waals surface area (Å²) in [5.74, 6) is 0.126. The summed E-state index contributed by atoms with van der Waals surface area (Å²) >= 11 is 1.68. The van der Waals surface area contributed by atoms with Crippen LogP contribution < -0.4 is 10.6 Å². The van der Waals surface area contributed by atoms with E-state index in [1.54, 1.807) is 11.3 Å². The molecular weight excluding hydrogens is 244 g/mol. The van der Waals surface area contributed by atoms with Gasteiger partial charge >= 0.3 is 0 Å². The van der Waals surface area contributed by atoms with Crippen molar-refractivity contribution in [2.24, 2.45) is 5.41 Å². The van der Waals surface area contributed by atoms with E-state index in [0.717, 1.165) is 19.4 Å². The van der Waals surface area contributed by atoms with Gasteiger partial charge in [0.1, 0.15) is 0 Å². The zero-order valence-corrected chi connectivity index (χ0v) is 12.1. The van der Waals surface area contributed by atoms with Crippen molar-refractivity contribution in [2.75, 3.05) is 6.54 Å². The molecule has 2 heterocycles. The maximum atomic E-state index is 12.4. The molecule has 0 radical (unpaired) electrons. The van der Waals surface area contributed by atoms with Crippen LogP contribution >= 0.6 is 11.3 Å². The molecule has 4 heteroatoms. The van der Waals surface area contributed by atoms with E-state index in [9.17, 15) is 4.79 Å². The van der Waals surface area contributed by atoms with Crippen molar-refractivity contribution in [3.63, 3.8) is 0 Å². The Morgan fingerprint density at radius 2 is 2.39 bits per heavy atom. The third-order valence-electron chi connectivity index (χ3n) is 3.72. The molecule has 1 aromatic heterocycles. The first-order valence-corrected chi connectivity index (χ1v) is 7.46. The van der Waals surface area contributed by atoms with Crippen LogP contribution in [0.15, 0.2) is 17.5 Å². The second kappa shape index (κ2) is 5.41. The zero-order valence-electron chi connectivity index (χ0n) is 11.3. The van der Waals surface area contributed by atoms with Crippen molar-refractivity contribution in [2.45, 2.75) is 45.7 Å². The summed E-state index contributed by atoms with van der Waals surface area (Å²) < 4.78 is 0. The van der Waals surface area contributed by atoms with E-state index in [0.29, 0.717) is 0 Å². The molecule has 0 bridgehead atoms. The van der Waals surface area contributed by atoms with Crippen LogP contribution in [-0.2, 0) is 4.79 Å². The van der Waals surface area contributed by atoms with Gasteiger partial charge in [0.25, 0.3) is 0 Å². The minimum absolute atomic E-state index is 0.0392. The summed E-state index contributed by atoms with van der Waals surface area (Å²) in [6, 6.07) is 4.10. The van der Waals surface area contributed by atoms with Crippen molar-refractivity contribution in [3.8, 4) is 0 Å². The van der Waals surface area contributed by atoms with Crippen LogP contribution in [0.2, 0.25) is 0 Å². The maximum Gasteiger partial charge on any atom is 0.238 e. The van der Waals surface area contributed by atoms with E-state index < -0.39 is 0 Å². The molecule has 2 N–H and O–H groups in total. The Labute approximate surface area is 113 Å². The van der Waals surface area contributed by atoms with E-state index in [4.69, 9.17) is 0 Å². The van der Waals surface area contributed by atoms with Gasteiger partial charge in [-0.1, -0.05) is 19.9 Å². The lowest BCUT2D eigenvalue weighted by atomic mass is 9.77. The molecule has 1 aromatic rings. The lowest BCUT2D eigenvalue weighted by molar-refractivity contribution is -0.127. The minimum Gasteiger partial charge on any atom is -0.347 e. The summed E-state index contributed by atoms with van der Waals surface area (Å²) in [6.45, 7) is 7.31. The van der Waals surface area contributed by atoms with E-state index in [2.05, 4.69) is 30.5 Å². The van der Waals surface area contributed by atoms with Gasteiger partial charge < -0.3 is 10.6 Å². The Kier molecular flexibility index (Phi) is 4.07. The van der Waals surface area contributed by atoms with E-state index in [1.807, 2.05) is 18.4 Å². The van der Waals surface area contributed by atoms with Crippen LogP contribution in [0.5, 0.6) is 0 Å². The fourth-order valence-electron chi connectivity index (χ4n) is 2.56. The maximum absolute atomic E-state index is 12.4. The highest BCUT2D eigenvalue weighted by Gasteiger charge is 2.37. The normalized spacial score (nSPS) is 24.5. The fourth-order valence-corrected chi connectivity index (χ4v) is 3.30. The SMILES string of the molecule is CC(NC(=O)C1NCCCC1(C)C)c1cccs1. The molecule has 1 amide bonds. The van der Waals surface area contributed by atoms with Gasteiger partial charge in [-0.25, -0.2) is 0 Å². The van der Waals surface area contributed by atoms with Crippen LogP contribution in [0.3, 0.4) is 0 Å². The third kappa shape index (κ3) is 2.93. The first-order chi connectivity index (χ1) is 8.50. The molecule has 0 saturated carbocycles. The Morgan fingerprint density at radius 3 is 3.00 bits per heavy atom. The zero-order chi connectivity index (χ0) is 13.2. The van der Waals surface area contributed by atoms with Gasteiger partial charge in [-0.3, -0.25) is 4.79 Å². The number of carbonyl (C=O) groups excluding carboxylic acids is 1. The molecule has 2 rings (SSSR count). The summed E-state index contributed by atoms with van der Waals surface area (Å²) in [4.78, 5) is 13.6. The number of hydrogen-bond donors (Lipinski definition) is 2. The van der Waals surface area contributed by atoms with E-state index >= 15 is 0 Å². The Hall–Kier alpha value is -0.870. The quantitative estimate of drug-likeness (QED) is 0.883. The first kappa shape index (κ1) is 13.6. The molecule has 0 aromatic carbocycles. The molecule has 2 unspecified atom stereocenters. The Balaban J connectivity index is 1.99. The van der Waals surface area contributed by atoms with Gasteiger partial charge in [0.05, 0.1) is 12.1 Å². The van der Waals surface area contributed by atoms with Crippen LogP contribution in [0, 0.1) is 5.41 Å². The molecule has 1 fully saturated rings. The number of thiophene rings is 1. The Morgan fingerprint density at radius 1 is 1.61 bits per heavy atom. The van der Waals surface area contributed by atoms with Crippen LogP contribution in [0.25, 0.3) is 0 Å². The highest BCUT2D eigenvalue weighted by Crippen LogP contribution is 2.30. The topological polar surface area (TPSA) is 41.1 Å². The van der Waals surface area contributed by atoms with Gasteiger partial charge in [0.15, 0.2) is 0 Å². The molecule has 2 atom stereocenters. The smallest absolute Gasteiger partial charge is 0.238 e. The van der Waals surface area contributed by atoms with Gasteiger partial charge in [-0.15, -0.1) is 11.3 Å². The predicted octanol–water partition coefficient (Wildman–Crippen LogP) is 2.70. The van der Waals surface area contributed by atoms with E-state index in [1.165, 1.54) is 4.88 Å². The van der Waals surface area contributed by atoms with Gasteiger partial charge in [0.2, 0.25) is 5.91 Å². The first-order valence-electron chi connectivity index (χ1n) is 6.58. The number of rotatable bonds is 3. The summed E-state index contributed by atoms with van der Waals surface area (Å²) in [6.07, 6.45) is 2.25. The van der Waals surface area contributed by atoms with Crippen molar-refractivity contribution in [3.05, 3.63) is 22.4 Å². The average molecular weight is 266 g/mol. The largest absolute Gasteiger partial charge is 0.347 e. The van der Waals surface area contributed by atoms with Crippen LogP contribution in [-0.4, -0.2) is 18.5 Å².